The van der Waals surface area contributed by atoms with Crippen molar-refractivity contribution in [2.45, 2.75) is 6.54 Å². The number of hydrogen-bond acceptors (Lipinski definition) is 4. The van der Waals surface area contributed by atoms with Crippen LogP contribution in [0, 0.1) is 0 Å². The second-order valence-corrected chi connectivity index (χ2v) is 6.10. The third-order valence-electron chi connectivity index (χ3n) is 3.87. The van der Waals surface area contributed by atoms with Crippen molar-refractivity contribution in [1.29, 1.82) is 0 Å². The van der Waals surface area contributed by atoms with Gasteiger partial charge in [-0.2, -0.15) is 0 Å². The van der Waals surface area contributed by atoms with Gasteiger partial charge < -0.3 is 5.32 Å². The van der Waals surface area contributed by atoms with Crippen molar-refractivity contribution in [3.63, 3.8) is 0 Å². The topological polar surface area (TPSA) is 72.7 Å². The Morgan fingerprint density at radius 3 is 2.58 bits per heavy atom. The first-order valence-corrected chi connectivity index (χ1v) is 8.35. The summed E-state index contributed by atoms with van der Waals surface area (Å²) in [6.07, 6.45) is 4.94. The monoisotopic (exact) mass is 363 g/mol. The Balaban J connectivity index is 1.72. The van der Waals surface area contributed by atoms with Crippen molar-refractivity contribution < 1.29 is 4.79 Å². The van der Waals surface area contributed by atoms with Gasteiger partial charge >= 0.3 is 0 Å². The number of carbonyl (C=O) groups excluding carboxylic acids is 1. The van der Waals surface area contributed by atoms with E-state index in [0.717, 1.165) is 11.1 Å². The van der Waals surface area contributed by atoms with Crippen molar-refractivity contribution >= 4 is 34.4 Å². The maximum absolute atomic E-state index is 12.5. The molecule has 6 nitrogen and oxygen atoms in total. The summed E-state index contributed by atoms with van der Waals surface area (Å²) in [5.41, 5.74) is 2.94. The van der Waals surface area contributed by atoms with Crippen molar-refractivity contribution in [3.8, 4) is 11.4 Å². The second kappa shape index (κ2) is 6.93. The Labute approximate surface area is 154 Å². The number of rotatable bonds is 4. The number of nitrogens with one attached hydrogen (secondary N) is 1. The van der Waals surface area contributed by atoms with E-state index < -0.39 is 0 Å². The van der Waals surface area contributed by atoms with Crippen LogP contribution in [0.4, 0.5) is 5.69 Å². The first kappa shape index (κ1) is 16.2. The molecule has 0 spiro atoms. The summed E-state index contributed by atoms with van der Waals surface area (Å²) < 4.78 is 1.80. The lowest BCUT2D eigenvalue weighted by Crippen LogP contribution is -2.19. The number of anilines is 1. The molecule has 0 aliphatic heterocycles. The first-order valence-electron chi connectivity index (χ1n) is 7.98. The van der Waals surface area contributed by atoms with Crippen LogP contribution in [0.3, 0.4) is 0 Å². The van der Waals surface area contributed by atoms with Crippen LogP contribution < -0.4 is 5.32 Å². The van der Waals surface area contributed by atoms with Crippen LogP contribution in [-0.4, -0.2) is 25.4 Å². The van der Waals surface area contributed by atoms with Crippen molar-refractivity contribution in [2.24, 2.45) is 0 Å². The predicted octanol–water partition coefficient (Wildman–Crippen LogP) is 3.79. The zero-order valence-electron chi connectivity index (χ0n) is 13.6. The van der Waals surface area contributed by atoms with Gasteiger partial charge in [0.15, 0.2) is 5.65 Å². The summed E-state index contributed by atoms with van der Waals surface area (Å²) in [6.45, 7) is 0.0911. The molecule has 0 saturated carbocycles. The average Bonchev–Trinajstić information content (AvgIpc) is 3.02. The molecule has 7 heteroatoms. The highest BCUT2D eigenvalue weighted by Gasteiger charge is 2.16. The molecule has 1 N–H and O–H groups in total. The van der Waals surface area contributed by atoms with Crippen LogP contribution in [0.15, 0.2) is 67.1 Å². The molecule has 0 radical (unpaired) electrons. The van der Waals surface area contributed by atoms with Crippen LogP contribution >= 0.6 is 11.6 Å². The summed E-state index contributed by atoms with van der Waals surface area (Å²) in [5.74, 6) is 0.497. The molecule has 0 atom stereocenters. The largest absolute Gasteiger partial charge is 0.324 e. The number of pyridine rings is 2. The predicted molar refractivity (Wildman–Crippen MR) is 101 cm³/mol. The normalized spacial score (nSPS) is 10.8. The number of halogens is 1. The lowest BCUT2D eigenvalue weighted by Gasteiger charge is -2.09. The van der Waals surface area contributed by atoms with Crippen LogP contribution in [0.1, 0.15) is 0 Å². The fourth-order valence-corrected chi connectivity index (χ4v) is 2.83. The second-order valence-electron chi connectivity index (χ2n) is 5.66. The SMILES string of the molecule is O=C(Cn1c(-c2ccc(Cl)cc2)nc2cccnc21)Nc1ccncc1. The van der Waals surface area contributed by atoms with E-state index in [9.17, 15) is 4.79 Å². The number of hydrogen-bond donors (Lipinski definition) is 1. The van der Waals surface area contributed by atoms with Gasteiger partial charge in [-0.05, 0) is 48.5 Å². The number of benzene rings is 1. The molecule has 26 heavy (non-hydrogen) atoms. The van der Waals surface area contributed by atoms with Gasteiger partial charge in [0.25, 0.3) is 0 Å². The Kier molecular flexibility index (Phi) is 4.33. The van der Waals surface area contributed by atoms with Crippen molar-refractivity contribution in [2.75, 3.05) is 5.32 Å². The number of amides is 1. The fourth-order valence-electron chi connectivity index (χ4n) is 2.71. The quantitative estimate of drug-likeness (QED) is 0.598. The van der Waals surface area contributed by atoms with Crippen molar-refractivity contribution in [1.82, 2.24) is 19.5 Å². The Hall–Kier alpha value is -3.25. The van der Waals surface area contributed by atoms with Gasteiger partial charge in [0.2, 0.25) is 5.91 Å². The van der Waals surface area contributed by atoms with E-state index in [2.05, 4.69) is 20.3 Å². The third kappa shape index (κ3) is 3.27. The maximum Gasteiger partial charge on any atom is 0.244 e. The molecule has 3 aromatic heterocycles. The molecule has 0 fully saturated rings. The number of nitrogens with zero attached hydrogens (tertiary/aromatic N) is 4. The Bertz CT molecular complexity index is 1060. The van der Waals surface area contributed by atoms with Crippen molar-refractivity contribution in [3.05, 3.63) is 72.1 Å². The van der Waals surface area contributed by atoms with Gasteiger partial charge in [-0.15, -0.1) is 0 Å². The van der Waals surface area contributed by atoms with Crippen LogP contribution in [0.25, 0.3) is 22.6 Å². The molecular formula is C19H14ClN5O. The molecule has 0 bridgehead atoms. The van der Waals surface area contributed by atoms with Crippen LogP contribution in [0.5, 0.6) is 0 Å². The molecule has 3 heterocycles. The molecule has 0 aliphatic rings. The zero-order valence-corrected chi connectivity index (χ0v) is 14.4. The minimum atomic E-state index is -0.170. The van der Waals surface area contributed by atoms with Gasteiger partial charge in [0, 0.05) is 34.9 Å². The summed E-state index contributed by atoms with van der Waals surface area (Å²) in [4.78, 5) is 25.5. The molecule has 128 valence electrons. The van der Waals surface area contributed by atoms with E-state index in [4.69, 9.17) is 11.6 Å². The molecular weight excluding hydrogens is 350 g/mol. The number of fused-ring (bicyclic) bond motifs is 1. The lowest BCUT2D eigenvalue weighted by atomic mass is 10.2. The van der Waals surface area contributed by atoms with Gasteiger partial charge in [0.1, 0.15) is 17.9 Å². The van der Waals surface area contributed by atoms with E-state index in [1.54, 1.807) is 47.4 Å². The molecule has 1 amide bonds. The first-order chi connectivity index (χ1) is 12.7. The van der Waals surface area contributed by atoms with E-state index >= 15 is 0 Å². The average molecular weight is 364 g/mol. The number of carbonyl (C=O) groups is 1. The van der Waals surface area contributed by atoms with Crippen LogP contribution in [-0.2, 0) is 11.3 Å². The molecule has 1 aromatic carbocycles. The maximum atomic E-state index is 12.5. The molecule has 0 unspecified atom stereocenters. The van der Waals surface area contributed by atoms with Gasteiger partial charge in [-0.1, -0.05) is 11.6 Å². The number of aromatic nitrogens is 4. The third-order valence-corrected chi connectivity index (χ3v) is 4.12. The molecule has 4 rings (SSSR count). The number of imidazole rings is 1. The van der Waals surface area contributed by atoms with Gasteiger partial charge in [0.05, 0.1) is 0 Å². The Morgan fingerprint density at radius 1 is 1.04 bits per heavy atom. The highest BCUT2D eigenvalue weighted by molar-refractivity contribution is 6.30. The lowest BCUT2D eigenvalue weighted by molar-refractivity contribution is -0.116. The standard InChI is InChI=1S/C19H14ClN5O/c20-14-5-3-13(4-6-14)18-24-16-2-1-9-22-19(16)25(18)12-17(26)23-15-7-10-21-11-8-15/h1-11H,12H2,(H,21,23,26). The highest BCUT2D eigenvalue weighted by atomic mass is 35.5. The van der Waals surface area contributed by atoms with E-state index in [0.29, 0.717) is 22.2 Å². The Morgan fingerprint density at radius 2 is 1.81 bits per heavy atom. The molecule has 4 aromatic rings. The van der Waals surface area contributed by atoms with E-state index in [1.165, 1.54) is 0 Å². The molecule has 0 aliphatic carbocycles. The molecule has 0 saturated heterocycles. The van der Waals surface area contributed by atoms with Gasteiger partial charge in [-0.25, -0.2) is 9.97 Å². The summed E-state index contributed by atoms with van der Waals surface area (Å²) >= 11 is 5.98. The summed E-state index contributed by atoms with van der Waals surface area (Å²) in [7, 11) is 0. The van der Waals surface area contributed by atoms with E-state index in [1.807, 2.05) is 24.3 Å². The minimum absolute atomic E-state index is 0.0911. The summed E-state index contributed by atoms with van der Waals surface area (Å²) in [5, 5.41) is 3.50. The smallest absolute Gasteiger partial charge is 0.244 e. The fraction of sp³-hybridized carbons (Fsp3) is 0.0526. The summed E-state index contributed by atoms with van der Waals surface area (Å²) in [6, 6.07) is 14.5. The van der Waals surface area contributed by atoms with Crippen LogP contribution in [0.2, 0.25) is 5.02 Å². The van der Waals surface area contributed by atoms with Gasteiger partial charge in [-0.3, -0.25) is 14.3 Å². The van der Waals surface area contributed by atoms with E-state index in [-0.39, 0.29) is 12.5 Å². The minimum Gasteiger partial charge on any atom is -0.324 e. The zero-order chi connectivity index (χ0) is 17.9. The highest BCUT2D eigenvalue weighted by Crippen LogP contribution is 2.25.